The molecule has 0 saturated carbocycles. The topological polar surface area (TPSA) is 83.8 Å². The van der Waals surface area contributed by atoms with Gasteiger partial charge in [-0.05, 0) is 18.2 Å². The highest BCUT2D eigenvalue weighted by atomic mass is 16.1. The third-order valence-electron chi connectivity index (χ3n) is 2.35. The monoisotopic (exact) mass is 242 g/mol. The van der Waals surface area contributed by atoms with Crippen LogP contribution in [0.3, 0.4) is 0 Å². The molecule has 5 heteroatoms. The van der Waals surface area contributed by atoms with Gasteiger partial charge in [-0.25, -0.2) is 0 Å². The lowest BCUT2D eigenvalue weighted by atomic mass is 10.1. The van der Waals surface area contributed by atoms with Crippen molar-refractivity contribution in [2.75, 3.05) is 11.9 Å². The van der Waals surface area contributed by atoms with Crippen LogP contribution < -0.4 is 11.1 Å². The second-order valence-corrected chi connectivity index (χ2v) is 3.68. The quantitative estimate of drug-likeness (QED) is 0.711. The van der Waals surface area contributed by atoms with E-state index in [1.165, 1.54) is 6.08 Å². The first kappa shape index (κ1) is 12.1. The number of amides is 1. The van der Waals surface area contributed by atoms with Crippen molar-refractivity contribution in [2.45, 2.75) is 0 Å². The minimum Gasteiger partial charge on any atom is -0.327 e. The van der Waals surface area contributed by atoms with Gasteiger partial charge in [0.2, 0.25) is 5.91 Å². The SMILES string of the molecule is NC/C=C/C(=O)Nc1cccc(-c2ccn[nH]2)c1. The van der Waals surface area contributed by atoms with Gasteiger partial charge >= 0.3 is 0 Å². The molecule has 4 N–H and O–H groups in total. The number of H-pyrrole nitrogens is 1. The summed E-state index contributed by atoms with van der Waals surface area (Å²) < 4.78 is 0. The number of aromatic amines is 1. The summed E-state index contributed by atoms with van der Waals surface area (Å²) in [5, 5.41) is 9.53. The van der Waals surface area contributed by atoms with E-state index in [0.717, 1.165) is 16.9 Å². The summed E-state index contributed by atoms with van der Waals surface area (Å²) in [6, 6.07) is 9.39. The lowest BCUT2D eigenvalue weighted by molar-refractivity contribution is -0.111. The van der Waals surface area contributed by atoms with Crippen molar-refractivity contribution < 1.29 is 4.79 Å². The Kier molecular flexibility index (Phi) is 3.88. The molecule has 1 amide bonds. The molecule has 2 aromatic rings. The van der Waals surface area contributed by atoms with Crippen LogP contribution in [0.15, 0.2) is 48.7 Å². The molecule has 1 heterocycles. The molecule has 0 spiro atoms. The number of hydrogen-bond donors (Lipinski definition) is 3. The smallest absolute Gasteiger partial charge is 0.248 e. The van der Waals surface area contributed by atoms with E-state index in [9.17, 15) is 4.79 Å². The number of carbonyl (C=O) groups is 1. The number of aromatic nitrogens is 2. The Labute approximate surface area is 105 Å². The molecule has 0 atom stereocenters. The van der Waals surface area contributed by atoms with Crippen molar-refractivity contribution in [2.24, 2.45) is 5.73 Å². The van der Waals surface area contributed by atoms with E-state index in [2.05, 4.69) is 15.5 Å². The second kappa shape index (κ2) is 5.79. The number of carbonyl (C=O) groups excluding carboxylic acids is 1. The van der Waals surface area contributed by atoms with Gasteiger partial charge in [0.25, 0.3) is 0 Å². The van der Waals surface area contributed by atoms with Gasteiger partial charge in [-0.3, -0.25) is 9.89 Å². The summed E-state index contributed by atoms with van der Waals surface area (Å²) in [7, 11) is 0. The maximum absolute atomic E-state index is 11.5. The average molecular weight is 242 g/mol. The molecule has 0 radical (unpaired) electrons. The van der Waals surface area contributed by atoms with Crippen LogP contribution in [-0.2, 0) is 4.79 Å². The minimum absolute atomic E-state index is 0.192. The zero-order chi connectivity index (χ0) is 12.8. The lowest BCUT2D eigenvalue weighted by Gasteiger charge is -2.04. The van der Waals surface area contributed by atoms with Crippen molar-refractivity contribution in [1.29, 1.82) is 0 Å². The maximum Gasteiger partial charge on any atom is 0.248 e. The molecule has 0 bridgehead atoms. The number of nitrogens with two attached hydrogens (primary N) is 1. The highest BCUT2D eigenvalue weighted by Crippen LogP contribution is 2.20. The molecule has 5 nitrogen and oxygen atoms in total. The summed E-state index contributed by atoms with van der Waals surface area (Å²) in [6.07, 6.45) is 4.71. The van der Waals surface area contributed by atoms with Crippen molar-refractivity contribution in [3.63, 3.8) is 0 Å². The van der Waals surface area contributed by atoms with Crippen LogP contribution in [0, 0.1) is 0 Å². The predicted octanol–water partition coefficient (Wildman–Crippen LogP) is 1.53. The van der Waals surface area contributed by atoms with Crippen LogP contribution >= 0.6 is 0 Å². The first-order chi connectivity index (χ1) is 8.79. The predicted molar refractivity (Wildman–Crippen MR) is 70.8 cm³/mol. The third-order valence-corrected chi connectivity index (χ3v) is 2.35. The summed E-state index contributed by atoms with van der Waals surface area (Å²) in [5.41, 5.74) is 7.88. The Bertz CT molecular complexity index is 546. The molecule has 0 aliphatic heterocycles. The Morgan fingerprint density at radius 3 is 3.06 bits per heavy atom. The van der Waals surface area contributed by atoms with E-state index in [0.29, 0.717) is 6.54 Å². The number of rotatable bonds is 4. The van der Waals surface area contributed by atoms with Gasteiger partial charge in [0, 0.05) is 30.1 Å². The lowest BCUT2D eigenvalue weighted by Crippen LogP contribution is -2.08. The van der Waals surface area contributed by atoms with Gasteiger partial charge < -0.3 is 11.1 Å². The number of benzene rings is 1. The summed E-state index contributed by atoms with van der Waals surface area (Å²) >= 11 is 0. The number of nitrogens with one attached hydrogen (secondary N) is 2. The number of hydrogen-bond acceptors (Lipinski definition) is 3. The summed E-state index contributed by atoms with van der Waals surface area (Å²) in [5.74, 6) is -0.192. The highest BCUT2D eigenvalue weighted by Gasteiger charge is 2.01. The van der Waals surface area contributed by atoms with Crippen LogP contribution in [0.4, 0.5) is 5.69 Å². The van der Waals surface area contributed by atoms with Crippen LogP contribution in [-0.4, -0.2) is 22.6 Å². The fourth-order valence-corrected chi connectivity index (χ4v) is 1.54. The molecule has 0 aliphatic rings. The van der Waals surface area contributed by atoms with Gasteiger partial charge in [0.05, 0.1) is 5.69 Å². The molecular weight excluding hydrogens is 228 g/mol. The van der Waals surface area contributed by atoms with E-state index < -0.39 is 0 Å². The largest absolute Gasteiger partial charge is 0.327 e. The zero-order valence-corrected chi connectivity index (χ0v) is 9.76. The fourth-order valence-electron chi connectivity index (χ4n) is 1.54. The van der Waals surface area contributed by atoms with E-state index >= 15 is 0 Å². The van der Waals surface area contributed by atoms with Gasteiger partial charge in [-0.2, -0.15) is 5.10 Å². The number of anilines is 1. The molecule has 0 saturated heterocycles. The average Bonchev–Trinajstić information content (AvgIpc) is 2.90. The van der Waals surface area contributed by atoms with Gasteiger partial charge in [-0.15, -0.1) is 0 Å². The van der Waals surface area contributed by atoms with Gasteiger partial charge in [0.15, 0.2) is 0 Å². The molecule has 1 aromatic carbocycles. The van der Waals surface area contributed by atoms with Crippen molar-refractivity contribution in [3.8, 4) is 11.3 Å². The van der Waals surface area contributed by atoms with E-state index in [1.54, 1.807) is 12.3 Å². The van der Waals surface area contributed by atoms with Crippen molar-refractivity contribution in [3.05, 3.63) is 48.7 Å². The van der Waals surface area contributed by atoms with E-state index in [-0.39, 0.29) is 5.91 Å². The van der Waals surface area contributed by atoms with Crippen LogP contribution in [0.25, 0.3) is 11.3 Å². The third kappa shape index (κ3) is 3.05. The van der Waals surface area contributed by atoms with Gasteiger partial charge in [-0.1, -0.05) is 18.2 Å². The standard InChI is InChI=1S/C13H14N4O/c14-7-2-5-13(18)16-11-4-1-3-10(9-11)12-6-8-15-17-12/h1-6,8-9H,7,14H2,(H,15,17)(H,16,18)/b5-2+. The van der Waals surface area contributed by atoms with Crippen molar-refractivity contribution in [1.82, 2.24) is 10.2 Å². The molecule has 0 unspecified atom stereocenters. The first-order valence-electron chi connectivity index (χ1n) is 5.57. The molecule has 92 valence electrons. The molecule has 1 aromatic heterocycles. The van der Waals surface area contributed by atoms with Crippen LogP contribution in [0.1, 0.15) is 0 Å². The fraction of sp³-hybridized carbons (Fsp3) is 0.0769. The minimum atomic E-state index is -0.192. The Balaban J connectivity index is 2.13. The number of nitrogens with zero attached hydrogens (tertiary/aromatic N) is 1. The van der Waals surface area contributed by atoms with E-state index in [4.69, 9.17) is 5.73 Å². The Morgan fingerprint density at radius 1 is 1.44 bits per heavy atom. The summed E-state index contributed by atoms with van der Waals surface area (Å²) in [4.78, 5) is 11.5. The highest BCUT2D eigenvalue weighted by molar-refractivity contribution is 5.99. The molecule has 2 rings (SSSR count). The van der Waals surface area contributed by atoms with E-state index in [1.807, 2.05) is 30.3 Å². The van der Waals surface area contributed by atoms with Crippen molar-refractivity contribution >= 4 is 11.6 Å². The van der Waals surface area contributed by atoms with Crippen LogP contribution in [0.5, 0.6) is 0 Å². The second-order valence-electron chi connectivity index (χ2n) is 3.68. The normalized spacial score (nSPS) is 10.7. The maximum atomic E-state index is 11.5. The van der Waals surface area contributed by atoms with Gasteiger partial charge in [0.1, 0.15) is 0 Å². The summed E-state index contributed by atoms with van der Waals surface area (Å²) in [6.45, 7) is 0.349. The molecule has 0 aliphatic carbocycles. The molecular formula is C13H14N4O. The zero-order valence-electron chi connectivity index (χ0n) is 9.76. The van der Waals surface area contributed by atoms with Crippen LogP contribution in [0.2, 0.25) is 0 Å². The molecule has 18 heavy (non-hydrogen) atoms. The Hall–Kier alpha value is -2.40. The Morgan fingerprint density at radius 2 is 2.33 bits per heavy atom. The molecule has 0 fully saturated rings. The first-order valence-corrected chi connectivity index (χ1v) is 5.57.